The van der Waals surface area contributed by atoms with Crippen LogP contribution >= 0.6 is 23.1 Å². The summed E-state index contributed by atoms with van der Waals surface area (Å²) in [5, 5.41) is 3.86. The van der Waals surface area contributed by atoms with Gasteiger partial charge in [-0.15, -0.1) is 23.1 Å². The molecule has 6 heteroatoms. The minimum atomic E-state index is -0.0626. The third kappa shape index (κ3) is 4.58. The number of rotatable bonds is 4. The van der Waals surface area contributed by atoms with Crippen LogP contribution in [0.4, 0.5) is 0 Å². The number of hydrogen-bond acceptors (Lipinski definition) is 5. The fourth-order valence-electron chi connectivity index (χ4n) is 8.11. The number of para-hydroxylation sites is 2. The summed E-state index contributed by atoms with van der Waals surface area (Å²) >= 11 is 3.89. The number of benzene rings is 6. The molecule has 0 N–H and O–H groups in total. The molecule has 11 rings (SSSR count). The minimum absolute atomic E-state index is 0.0626. The summed E-state index contributed by atoms with van der Waals surface area (Å²) < 4.78 is 3.65. The van der Waals surface area contributed by atoms with E-state index < -0.39 is 0 Å². The molecule has 1 atom stereocenters. The van der Waals surface area contributed by atoms with E-state index in [1.807, 2.05) is 59.5 Å². The zero-order valence-corrected chi connectivity index (χ0v) is 29.9. The predicted molar refractivity (Wildman–Crippen MR) is 218 cm³/mol. The SMILES string of the molecule is CC12Cc3c(sc4ccc(-c5nc(-c6ccccc6)nc(-c6ccccc6)n5)cc34)C=C1c1cc(-n3c4ccccc4c4ccccc43)ccc1S2. The van der Waals surface area contributed by atoms with Crippen molar-refractivity contribution in [3.8, 4) is 39.9 Å². The van der Waals surface area contributed by atoms with E-state index in [-0.39, 0.29) is 4.75 Å². The van der Waals surface area contributed by atoms with Gasteiger partial charge < -0.3 is 4.57 Å². The third-order valence-electron chi connectivity index (χ3n) is 10.6. The lowest BCUT2D eigenvalue weighted by Gasteiger charge is -2.29. The Morgan fingerprint density at radius 1 is 0.577 bits per heavy atom. The Hall–Kier alpha value is -5.82. The molecule has 0 saturated heterocycles. The number of nitrogens with zero attached hydrogens (tertiary/aromatic N) is 4. The molecule has 0 spiro atoms. The number of thioether (sulfide) groups is 1. The lowest BCUT2D eigenvalue weighted by Crippen LogP contribution is -2.24. The molecule has 1 aliphatic heterocycles. The number of fused-ring (bicyclic) bond motifs is 9. The topological polar surface area (TPSA) is 43.6 Å². The van der Waals surface area contributed by atoms with Crippen molar-refractivity contribution in [2.45, 2.75) is 23.0 Å². The summed E-state index contributed by atoms with van der Waals surface area (Å²) in [7, 11) is 0. The first-order chi connectivity index (χ1) is 25.6. The van der Waals surface area contributed by atoms with Gasteiger partial charge in [-0.05, 0) is 90.0 Å². The van der Waals surface area contributed by atoms with Gasteiger partial charge in [0.25, 0.3) is 0 Å². The second-order valence-corrected chi connectivity index (χ2v) is 16.4. The van der Waals surface area contributed by atoms with Crippen LogP contribution in [0.1, 0.15) is 22.9 Å². The summed E-state index contributed by atoms with van der Waals surface area (Å²) in [4.78, 5) is 17.7. The highest BCUT2D eigenvalue weighted by Crippen LogP contribution is 2.59. The van der Waals surface area contributed by atoms with Crippen LogP contribution in [-0.4, -0.2) is 24.3 Å². The van der Waals surface area contributed by atoms with Crippen molar-refractivity contribution in [2.75, 3.05) is 0 Å². The highest BCUT2D eigenvalue weighted by Gasteiger charge is 2.42. The summed E-state index contributed by atoms with van der Waals surface area (Å²) in [6, 6.07) is 51.6. The molecule has 0 amide bonds. The molecule has 0 saturated carbocycles. The standard InChI is InChI=1S/C46H30N4S2/c1-46-27-36-34-24-30(45-48-43(28-12-4-2-5-13-28)47-44(49-45)29-14-6-3-7-15-29)20-22-40(34)51-42(36)26-37(46)35-25-31(21-23-41(35)52-46)50-38-18-10-8-16-32(38)33-17-9-11-19-39(33)50/h2-26H,27H2,1H3. The molecule has 3 aromatic heterocycles. The van der Waals surface area contributed by atoms with Crippen molar-refractivity contribution in [3.05, 3.63) is 162 Å². The van der Waals surface area contributed by atoms with Gasteiger partial charge in [0.05, 0.1) is 11.0 Å². The van der Waals surface area contributed by atoms with Crippen LogP contribution in [0.3, 0.4) is 0 Å². The Morgan fingerprint density at radius 3 is 1.83 bits per heavy atom. The normalized spacial score (nSPS) is 16.2. The van der Waals surface area contributed by atoms with Gasteiger partial charge in [0.15, 0.2) is 17.5 Å². The number of thiophene rings is 1. The van der Waals surface area contributed by atoms with Gasteiger partial charge in [-0.3, -0.25) is 0 Å². The Morgan fingerprint density at radius 2 is 1.17 bits per heavy atom. The lowest BCUT2D eigenvalue weighted by molar-refractivity contribution is 0.812. The minimum Gasteiger partial charge on any atom is -0.309 e. The quantitative estimate of drug-likeness (QED) is 0.183. The molecule has 0 radical (unpaired) electrons. The highest BCUT2D eigenvalue weighted by molar-refractivity contribution is 8.01. The fraction of sp³-hybridized carbons (Fsp3) is 0.0652. The van der Waals surface area contributed by atoms with Crippen LogP contribution < -0.4 is 0 Å². The van der Waals surface area contributed by atoms with Crippen molar-refractivity contribution in [2.24, 2.45) is 0 Å². The summed E-state index contributed by atoms with van der Waals surface area (Å²) in [5.41, 5.74) is 10.8. The molecule has 4 heterocycles. The van der Waals surface area contributed by atoms with Crippen molar-refractivity contribution in [1.29, 1.82) is 0 Å². The monoisotopic (exact) mass is 702 g/mol. The molecule has 0 bridgehead atoms. The first-order valence-electron chi connectivity index (χ1n) is 17.6. The molecule has 52 heavy (non-hydrogen) atoms. The highest BCUT2D eigenvalue weighted by atomic mass is 32.2. The van der Waals surface area contributed by atoms with Crippen molar-refractivity contribution < 1.29 is 0 Å². The van der Waals surface area contributed by atoms with E-state index in [0.717, 1.165) is 23.1 Å². The molecule has 6 aromatic carbocycles. The Kier molecular flexibility index (Phi) is 6.51. The molecule has 9 aromatic rings. The summed E-state index contributed by atoms with van der Waals surface area (Å²) in [5.74, 6) is 2.04. The van der Waals surface area contributed by atoms with Gasteiger partial charge >= 0.3 is 0 Å². The lowest BCUT2D eigenvalue weighted by atomic mass is 9.83. The van der Waals surface area contributed by atoms with Crippen molar-refractivity contribution in [3.63, 3.8) is 0 Å². The number of hydrogen-bond donors (Lipinski definition) is 0. The van der Waals surface area contributed by atoms with Gasteiger partial charge in [0.2, 0.25) is 0 Å². The maximum atomic E-state index is 5.03. The second kappa shape index (κ2) is 11.3. The Bertz CT molecular complexity index is 2810. The van der Waals surface area contributed by atoms with Crippen LogP contribution in [0.5, 0.6) is 0 Å². The zero-order chi connectivity index (χ0) is 34.4. The predicted octanol–water partition coefficient (Wildman–Crippen LogP) is 12.1. The van der Waals surface area contributed by atoms with Gasteiger partial charge in [-0.25, -0.2) is 15.0 Å². The van der Waals surface area contributed by atoms with E-state index >= 15 is 0 Å². The average molecular weight is 703 g/mol. The largest absolute Gasteiger partial charge is 0.309 e. The van der Waals surface area contributed by atoms with Gasteiger partial charge in [0.1, 0.15) is 0 Å². The molecule has 246 valence electrons. The van der Waals surface area contributed by atoms with E-state index in [4.69, 9.17) is 15.0 Å². The maximum absolute atomic E-state index is 5.03. The molecular formula is C46H30N4S2. The van der Waals surface area contributed by atoms with E-state index in [0.29, 0.717) is 17.5 Å². The maximum Gasteiger partial charge on any atom is 0.164 e. The van der Waals surface area contributed by atoms with E-state index in [2.05, 4.69) is 127 Å². The smallest absolute Gasteiger partial charge is 0.164 e. The molecule has 1 aliphatic carbocycles. The molecule has 2 aliphatic rings. The van der Waals surface area contributed by atoms with Crippen molar-refractivity contribution in [1.82, 2.24) is 19.5 Å². The molecular weight excluding hydrogens is 673 g/mol. The molecule has 0 fully saturated rings. The fourth-order valence-corrected chi connectivity index (χ4v) is 10.7. The Labute approximate surface area is 309 Å². The van der Waals surface area contributed by atoms with Crippen LogP contribution in [0.25, 0.3) is 83.4 Å². The van der Waals surface area contributed by atoms with Crippen LogP contribution in [0.2, 0.25) is 0 Å². The van der Waals surface area contributed by atoms with Gasteiger partial charge in [-0.1, -0.05) is 97.1 Å². The van der Waals surface area contributed by atoms with E-state index in [1.54, 1.807) is 0 Å². The van der Waals surface area contributed by atoms with Crippen LogP contribution in [0.15, 0.2) is 150 Å². The van der Waals surface area contributed by atoms with Crippen molar-refractivity contribution >= 4 is 66.6 Å². The summed E-state index contributed by atoms with van der Waals surface area (Å²) in [6.45, 7) is 2.42. The number of aromatic nitrogens is 4. The first kappa shape index (κ1) is 29.9. The second-order valence-electron chi connectivity index (χ2n) is 13.8. The van der Waals surface area contributed by atoms with Crippen LogP contribution in [-0.2, 0) is 6.42 Å². The molecule has 1 unspecified atom stereocenters. The van der Waals surface area contributed by atoms with Crippen LogP contribution in [0, 0.1) is 0 Å². The van der Waals surface area contributed by atoms with Gasteiger partial charge in [0, 0.05) is 52.4 Å². The average Bonchev–Trinajstić information content (AvgIpc) is 3.82. The first-order valence-corrected chi connectivity index (χ1v) is 19.2. The molecule has 4 nitrogen and oxygen atoms in total. The Balaban J connectivity index is 1.03. The van der Waals surface area contributed by atoms with Gasteiger partial charge in [-0.2, -0.15) is 0 Å². The third-order valence-corrected chi connectivity index (χ3v) is 13.1. The van der Waals surface area contributed by atoms with E-state index in [9.17, 15) is 0 Å². The zero-order valence-electron chi connectivity index (χ0n) is 28.2. The summed E-state index contributed by atoms with van der Waals surface area (Å²) in [6.07, 6.45) is 3.44. The van der Waals surface area contributed by atoms with E-state index in [1.165, 1.54) is 64.1 Å².